The fourth-order valence-electron chi connectivity index (χ4n) is 0.675. The lowest BCUT2D eigenvalue weighted by Crippen LogP contribution is -2.03. The van der Waals surface area contributed by atoms with E-state index in [2.05, 4.69) is 15.2 Å². The van der Waals surface area contributed by atoms with Crippen LogP contribution in [0, 0.1) is 0 Å². The minimum atomic E-state index is 0.694. The molecule has 5 heteroatoms. The van der Waals surface area contributed by atoms with Crippen LogP contribution in [0.25, 0.3) is 0 Å². The Bertz CT molecular complexity index is 229. The van der Waals surface area contributed by atoms with Crippen molar-refractivity contribution in [3.05, 3.63) is 12.7 Å². The lowest BCUT2D eigenvalue weighted by atomic mass is 10.3. The van der Waals surface area contributed by atoms with Crippen molar-refractivity contribution in [1.29, 1.82) is 0 Å². The maximum absolute atomic E-state index is 8.31. The molecule has 0 saturated heterocycles. The summed E-state index contributed by atoms with van der Waals surface area (Å²) < 4.78 is 1.69. The quantitative estimate of drug-likeness (QED) is 0.392. The topological polar surface area (TPSA) is 63.3 Å². The van der Waals surface area contributed by atoms with Gasteiger partial charge in [0.15, 0.2) is 0 Å². The Hall–Kier alpha value is -1.39. The third-order valence-corrected chi connectivity index (χ3v) is 1.34. The van der Waals surface area contributed by atoms with E-state index in [0.717, 1.165) is 0 Å². The van der Waals surface area contributed by atoms with Gasteiger partial charge in [-0.25, -0.2) is 4.98 Å². The van der Waals surface area contributed by atoms with Gasteiger partial charge in [0, 0.05) is 13.0 Å². The molecule has 60 valence electrons. The fourth-order valence-corrected chi connectivity index (χ4v) is 0.675. The van der Waals surface area contributed by atoms with Gasteiger partial charge in [0.05, 0.1) is 5.71 Å². The molecule has 1 aromatic rings. The van der Waals surface area contributed by atoms with Crippen molar-refractivity contribution in [2.75, 3.05) is 0 Å². The molecule has 0 atom stereocenters. The van der Waals surface area contributed by atoms with Crippen LogP contribution in [0.4, 0.5) is 0 Å². The highest BCUT2D eigenvalue weighted by Crippen LogP contribution is 1.89. The average molecular weight is 154 g/mol. The van der Waals surface area contributed by atoms with E-state index in [-0.39, 0.29) is 0 Å². The summed E-state index contributed by atoms with van der Waals surface area (Å²) in [6, 6.07) is 0. The maximum Gasteiger partial charge on any atom is 0.137 e. The van der Waals surface area contributed by atoms with Gasteiger partial charge >= 0.3 is 0 Å². The SMILES string of the molecule is CC(CCn1cncn1)=NO. The first-order valence-corrected chi connectivity index (χ1v) is 3.33. The van der Waals surface area contributed by atoms with E-state index < -0.39 is 0 Å². The predicted octanol–water partition coefficient (Wildman–Crippen LogP) is 0.518. The molecule has 0 amide bonds. The van der Waals surface area contributed by atoms with Crippen molar-refractivity contribution in [3.63, 3.8) is 0 Å². The van der Waals surface area contributed by atoms with Gasteiger partial charge in [-0.1, -0.05) is 5.16 Å². The minimum absolute atomic E-state index is 0.694. The Kier molecular flexibility index (Phi) is 2.59. The second kappa shape index (κ2) is 3.70. The summed E-state index contributed by atoms with van der Waals surface area (Å²) in [6.45, 7) is 2.47. The molecule has 1 N–H and O–H groups in total. The summed E-state index contributed by atoms with van der Waals surface area (Å²) in [7, 11) is 0. The summed E-state index contributed by atoms with van der Waals surface area (Å²) in [5, 5.41) is 15.2. The number of aromatic nitrogens is 3. The predicted molar refractivity (Wildman–Crippen MR) is 39.5 cm³/mol. The Morgan fingerprint density at radius 3 is 3.09 bits per heavy atom. The summed E-state index contributed by atoms with van der Waals surface area (Å²) in [5.74, 6) is 0. The van der Waals surface area contributed by atoms with Crippen LogP contribution in [0.15, 0.2) is 17.8 Å². The van der Waals surface area contributed by atoms with Gasteiger partial charge in [-0.3, -0.25) is 4.68 Å². The van der Waals surface area contributed by atoms with Gasteiger partial charge in [0.1, 0.15) is 12.7 Å². The van der Waals surface area contributed by atoms with Crippen LogP contribution in [-0.2, 0) is 6.54 Å². The van der Waals surface area contributed by atoms with Crippen LogP contribution in [0.3, 0.4) is 0 Å². The molecule has 0 aliphatic carbocycles. The van der Waals surface area contributed by atoms with Crippen LogP contribution in [0.5, 0.6) is 0 Å². The maximum atomic E-state index is 8.31. The fraction of sp³-hybridized carbons (Fsp3) is 0.500. The largest absolute Gasteiger partial charge is 0.411 e. The normalized spacial score (nSPS) is 11.9. The second-order valence-corrected chi connectivity index (χ2v) is 2.24. The van der Waals surface area contributed by atoms with Gasteiger partial charge in [-0.15, -0.1) is 0 Å². The van der Waals surface area contributed by atoms with Crippen molar-refractivity contribution in [2.24, 2.45) is 5.16 Å². The Morgan fingerprint density at radius 1 is 1.73 bits per heavy atom. The molecule has 0 aliphatic rings. The van der Waals surface area contributed by atoms with Crippen molar-refractivity contribution >= 4 is 5.71 Å². The van der Waals surface area contributed by atoms with Gasteiger partial charge < -0.3 is 5.21 Å². The number of oxime groups is 1. The molecule has 0 saturated carbocycles. The molecule has 11 heavy (non-hydrogen) atoms. The van der Waals surface area contributed by atoms with Gasteiger partial charge in [-0.2, -0.15) is 5.10 Å². The highest BCUT2D eigenvalue weighted by molar-refractivity contribution is 5.81. The zero-order valence-corrected chi connectivity index (χ0v) is 6.30. The molecule has 1 aromatic heterocycles. The third-order valence-electron chi connectivity index (χ3n) is 1.34. The van der Waals surface area contributed by atoms with Crippen molar-refractivity contribution < 1.29 is 5.21 Å². The first-order valence-electron chi connectivity index (χ1n) is 3.33. The zero-order valence-electron chi connectivity index (χ0n) is 6.30. The van der Waals surface area contributed by atoms with Crippen LogP contribution >= 0.6 is 0 Å². The molecule has 0 spiro atoms. The van der Waals surface area contributed by atoms with Crippen LogP contribution in [0.1, 0.15) is 13.3 Å². The number of aryl methyl sites for hydroxylation is 1. The zero-order chi connectivity index (χ0) is 8.10. The summed E-state index contributed by atoms with van der Waals surface area (Å²) in [6.07, 6.45) is 3.80. The average Bonchev–Trinajstić information content (AvgIpc) is 2.52. The van der Waals surface area contributed by atoms with Gasteiger partial charge in [-0.05, 0) is 6.92 Å². The molecule has 1 rings (SSSR count). The first-order chi connectivity index (χ1) is 5.33. The van der Waals surface area contributed by atoms with Crippen molar-refractivity contribution in [3.8, 4) is 0 Å². The van der Waals surface area contributed by atoms with E-state index in [9.17, 15) is 0 Å². The lowest BCUT2D eigenvalue weighted by Gasteiger charge is -1.97. The van der Waals surface area contributed by atoms with Crippen LogP contribution in [-0.4, -0.2) is 25.7 Å². The van der Waals surface area contributed by atoms with Crippen molar-refractivity contribution in [1.82, 2.24) is 14.8 Å². The summed E-state index contributed by atoms with van der Waals surface area (Å²) >= 11 is 0. The second-order valence-electron chi connectivity index (χ2n) is 2.24. The molecule has 0 aliphatic heterocycles. The van der Waals surface area contributed by atoms with Gasteiger partial charge in [0.25, 0.3) is 0 Å². The van der Waals surface area contributed by atoms with Gasteiger partial charge in [0.2, 0.25) is 0 Å². The van der Waals surface area contributed by atoms with Crippen LogP contribution in [0.2, 0.25) is 0 Å². The molecule has 0 aromatic carbocycles. The van der Waals surface area contributed by atoms with Crippen LogP contribution < -0.4 is 0 Å². The summed E-state index contributed by atoms with van der Waals surface area (Å²) in [5.41, 5.74) is 0.695. The third kappa shape index (κ3) is 2.37. The molecule has 0 unspecified atom stereocenters. The molecular weight excluding hydrogens is 144 g/mol. The standard InChI is InChI=1S/C6H10N4O/c1-6(9-11)2-3-10-5-7-4-8-10/h4-5,11H,2-3H2,1H3. The summed E-state index contributed by atoms with van der Waals surface area (Å²) in [4.78, 5) is 3.78. The number of rotatable bonds is 3. The number of hydrogen-bond acceptors (Lipinski definition) is 4. The van der Waals surface area contributed by atoms with E-state index in [1.54, 1.807) is 17.9 Å². The monoisotopic (exact) mass is 154 g/mol. The minimum Gasteiger partial charge on any atom is -0.411 e. The lowest BCUT2D eigenvalue weighted by molar-refractivity contribution is 0.316. The number of hydrogen-bond donors (Lipinski definition) is 1. The smallest absolute Gasteiger partial charge is 0.137 e. The molecule has 1 heterocycles. The Balaban J connectivity index is 2.35. The van der Waals surface area contributed by atoms with E-state index in [1.165, 1.54) is 6.33 Å². The van der Waals surface area contributed by atoms with E-state index in [0.29, 0.717) is 18.7 Å². The Morgan fingerprint density at radius 2 is 2.55 bits per heavy atom. The molecule has 5 nitrogen and oxygen atoms in total. The van der Waals surface area contributed by atoms with E-state index in [1.807, 2.05) is 0 Å². The molecular formula is C6H10N4O. The molecule has 0 radical (unpaired) electrons. The highest BCUT2D eigenvalue weighted by Gasteiger charge is 1.93. The van der Waals surface area contributed by atoms with Crippen molar-refractivity contribution in [2.45, 2.75) is 19.9 Å². The number of nitrogens with zero attached hydrogens (tertiary/aromatic N) is 4. The van der Waals surface area contributed by atoms with E-state index >= 15 is 0 Å². The van der Waals surface area contributed by atoms with E-state index in [4.69, 9.17) is 5.21 Å². The Labute approximate surface area is 64.4 Å². The molecule has 0 fully saturated rings. The highest BCUT2D eigenvalue weighted by atomic mass is 16.4. The first kappa shape index (κ1) is 7.71. The molecule has 0 bridgehead atoms.